The Morgan fingerprint density at radius 1 is 1.24 bits per heavy atom. The second-order valence-corrected chi connectivity index (χ2v) is 3.94. The highest BCUT2D eigenvalue weighted by Gasteiger charge is 2.09. The number of anilines is 1. The highest BCUT2D eigenvalue weighted by molar-refractivity contribution is 6.30. The van der Waals surface area contributed by atoms with Gasteiger partial charge in [0.05, 0.1) is 6.07 Å². The summed E-state index contributed by atoms with van der Waals surface area (Å²) >= 11 is 5.80. The summed E-state index contributed by atoms with van der Waals surface area (Å²) < 4.78 is 0. The van der Waals surface area contributed by atoms with E-state index in [-0.39, 0.29) is 0 Å². The SMILES string of the molecule is N#CC(Nc1ccc(Cl)cc1)c1cccnc1. The molecule has 2 rings (SSSR count). The maximum Gasteiger partial charge on any atom is 0.141 e. The van der Waals surface area contributed by atoms with Gasteiger partial charge in [0, 0.05) is 28.7 Å². The second kappa shape index (κ2) is 5.33. The Balaban J connectivity index is 2.17. The van der Waals surface area contributed by atoms with Crippen molar-refractivity contribution in [2.75, 3.05) is 5.32 Å². The van der Waals surface area contributed by atoms with E-state index in [9.17, 15) is 0 Å². The van der Waals surface area contributed by atoms with E-state index in [0.29, 0.717) is 5.02 Å². The molecule has 0 bridgehead atoms. The second-order valence-electron chi connectivity index (χ2n) is 3.50. The van der Waals surface area contributed by atoms with Gasteiger partial charge in [-0.15, -0.1) is 0 Å². The van der Waals surface area contributed by atoms with Crippen molar-refractivity contribution >= 4 is 17.3 Å². The van der Waals surface area contributed by atoms with E-state index >= 15 is 0 Å². The topological polar surface area (TPSA) is 48.7 Å². The van der Waals surface area contributed by atoms with Crippen molar-refractivity contribution in [3.63, 3.8) is 0 Å². The summed E-state index contributed by atoms with van der Waals surface area (Å²) in [5.74, 6) is 0. The molecule has 0 spiro atoms. The number of halogens is 1. The minimum Gasteiger partial charge on any atom is -0.366 e. The van der Waals surface area contributed by atoms with Gasteiger partial charge in [-0.1, -0.05) is 17.7 Å². The van der Waals surface area contributed by atoms with Gasteiger partial charge in [-0.3, -0.25) is 4.98 Å². The fourth-order valence-corrected chi connectivity index (χ4v) is 1.58. The molecule has 2 aromatic rings. The van der Waals surface area contributed by atoms with Crippen LogP contribution in [0.15, 0.2) is 48.8 Å². The first kappa shape index (κ1) is 11.4. The third kappa shape index (κ3) is 2.96. The number of aromatic nitrogens is 1. The normalized spacial score (nSPS) is 11.5. The number of rotatable bonds is 3. The Hall–Kier alpha value is -2.05. The maximum atomic E-state index is 9.13. The van der Waals surface area contributed by atoms with Crippen molar-refractivity contribution in [1.82, 2.24) is 4.98 Å². The molecule has 17 heavy (non-hydrogen) atoms. The van der Waals surface area contributed by atoms with Crippen LogP contribution in [-0.2, 0) is 0 Å². The molecule has 0 amide bonds. The lowest BCUT2D eigenvalue weighted by molar-refractivity contribution is 0.982. The minimum absolute atomic E-state index is 0.412. The molecule has 0 aliphatic carbocycles. The minimum atomic E-state index is -0.412. The van der Waals surface area contributed by atoms with Crippen LogP contribution >= 0.6 is 11.6 Å². The fraction of sp³-hybridized carbons (Fsp3) is 0.0769. The lowest BCUT2D eigenvalue weighted by atomic mass is 10.1. The largest absolute Gasteiger partial charge is 0.366 e. The molecule has 1 heterocycles. The van der Waals surface area contributed by atoms with Crippen LogP contribution < -0.4 is 5.32 Å². The molecule has 4 heteroatoms. The summed E-state index contributed by atoms with van der Waals surface area (Å²) in [5, 5.41) is 12.9. The van der Waals surface area contributed by atoms with Crippen LogP contribution in [0.5, 0.6) is 0 Å². The van der Waals surface area contributed by atoms with Crippen molar-refractivity contribution in [3.05, 3.63) is 59.4 Å². The predicted molar refractivity (Wildman–Crippen MR) is 67.7 cm³/mol. The number of nitriles is 1. The van der Waals surface area contributed by atoms with Gasteiger partial charge in [-0.05, 0) is 30.3 Å². The average molecular weight is 244 g/mol. The molecule has 1 aromatic heterocycles. The predicted octanol–water partition coefficient (Wildman–Crippen LogP) is 3.41. The average Bonchev–Trinajstić information content (AvgIpc) is 2.39. The smallest absolute Gasteiger partial charge is 0.141 e. The lowest BCUT2D eigenvalue weighted by Gasteiger charge is -2.12. The van der Waals surface area contributed by atoms with E-state index < -0.39 is 6.04 Å². The first-order valence-corrected chi connectivity index (χ1v) is 5.49. The van der Waals surface area contributed by atoms with Gasteiger partial charge in [0.15, 0.2) is 0 Å². The van der Waals surface area contributed by atoms with Crippen LogP contribution in [0.1, 0.15) is 11.6 Å². The van der Waals surface area contributed by atoms with Gasteiger partial charge in [0.1, 0.15) is 6.04 Å². The molecule has 1 unspecified atom stereocenters. The summed E-state index contributed by atoms with van der Waals surface area (Å²) in [6.07, 6.45) is 3.36. The zero-order chi connectivity index (χ0) is 12.1. The zero-order valence-electron chi connectivity index (χ0n) is 8.97. The van der Waals surface area contributed by atoms with Gasteiger partial charge in [-0.25, -0.2) is 0 Å². The standard InChI is InChI=1S/C13H10ClN3/c14-11-3-5-12(6-4-11)17-13(8-15)10-2-1-7-16-9-10/h1-7,9,13,17H. The molecule has 0 radical (unpaired) electrons. The van der Waals surface area contributed by atoms with Crippen molar-refractivity contribution in [3.8, 4) is 6.07 Å². The van der Waals surface area contributed by atoms with Crippen molar-refractivity contribution in [1.29, 1.82) is 5.26 Å². The molecule has 1 N–H and O–H groups in total. The molecule has 0 saturated heterocycles. The third-order valence-electron chi connectivity index (χ3n) is 2.30. The van der Waals surface area contributed by atoms with Crippen LogP contribution in [0.25, 0.3) is 0 Å². The lowest BCUT2D eigenvalue weighted by Crippen LogP contribution is -2.08. The molecule has 0 fully saturated rings. The molecule has 0 aliphatic heterocycles. The molecular weight excluding hydrogens is 234 g/mol. The summed E-state index contributed by atoms with van der Waals surface area (Å²) in [4.78, 5) is 4.00. The Morgan fingerprint density at radius 3 is 2.59 bits per heavy atom. The van der Waals surface area contributed by atoms with Gasteiger partial charge in [0.25, 0.3) is 0 Å². The van der Waals surface area contributed by atoms with Crippen LogP contribution in [0.2, 0.25) is 5.02 Å². The highest BCUT2D eigenvalue weighted by Crippen LogP contribution is 2.19. The zero-order valence-corrected chi connectivity index (χ0v) is 9.72. The summed E-state index contributed by atoms with van der Waals surface area (Å²) in [7, 11) is 0. The van der Waals surface area contributed by atoms with Crippen LogP contribution in [0.4, 0.5) is 5.69 Å². The van der Waals surface area contributed by atoms with Crippen molar-refractivity contribution < 1.29 is 0 Å². The van der Waals surface area contributed by atoms with Gasteiger partial charge >= 0.3 is 0 Å². The van der Waals surface area contributed by atoms with Gasteiger partial charge in [-0.2, -0.15) is 5.26 Å². The number of benzene rings is 1. The van der Waals surface area contributed by atoms with E-state index in [1.165, 1.54) is 0 Å². The number of nitrogens with zero attached hydrogens (tertiary/aromatic N) is 2. The Bertz CT molecular complexity index is 517. The maximum absolute atomic E-state index is 9.13. The number of hydrogen-bond acceptors (Lipinski definition) is 3. The fourth-order valence-electron chi connectivity index (χ4n) is 1.45. The molecule has 3 nitrogen and oxygen atoms in total. The summed E-state index contributed by atoms with van der Waals surface area (Å²) in [5.41, 5.74) is 1.69. The van der Waals surface area contributed by atoms with E-state index in [4.69, 9.17) is 16.9 Å². The molecule has 0 saturated carbocycles. The first-order chi connectivity index (χ1) is 8.29. The van der Waals surface area contributed by atoms with E-state index in [1.54, 1.807) is 24.5 Å². The van der Waals surface area contributed by atoms with E-state index in [2.05, 4.69) is 16.4 Å². The molecule has 0 aliphatic rings. The number of nitrogens with one attached hydrogen (secondary N) is 1. The van der Waals surface area contributed by atoms with E-state index in [0.717, 1.165) is 11.3 Å². The molecule has 84 valence electrons. The van der Waals surface area contributed by atoms with Gasteiger partial charge in [0.2, 0.25) is 0 Å². The monoisotopic (exact) mass is 243 g/mol. The van der Waals surface area contributed by atoms with Crippen LogP contribution in [0.3, 0.4) is 0 Å². The number of hydrogen-bond donors (Lipinski definition) is 1. The van der Waals surface area contributed by atoms with Crippen molar-refractivity contribution in [2.45, 2.75) is 6.04 Å². The molecular formula is C13H10ClN3. The molecule has 1 aromatic carbocycles. The van der Waals surface area contributed by atoms with Gasteiger partial charge < -0.3 is 5.32 Å². The summed E-state index contributed by atoms with van der Waals surface area (Å²) in [6, 6.07) is 12.7. The van der Waals surface area contributed by atoms with Crippen LogP contribution in [0, 0.1) is 11.3 Å². The highest BCUT2D eigenvalue weighted by atomic mass is 35.5. The Labute approximate surface area is 105 Å². The quantitative estimate of drug-likeness (QED) is 0.899. The van der Waals surface area contributed by atoms with E-state index in [1.807, 2.05) is 24.3 Å². The number of pyridine rings is 1. The van der Waals surface area contributed by atoms with Crippen molar-refractivity contribution in [2.24, 2.45) is 0 Å². The first-order valence-electron chi connectivity index (χ1n) is 5.11. The van der Waals surface area contributed by atoms with Crippen LogP contribution in [-0.4, -0.2) is 4.98 Å². The Kier molecular flexibility index (Phi) is 3.59. The molecule has 1 atom stereocenters. The summed E-state index contributed by atoms with van der Waals surface area (Å²) in [6.45, 7) is 0. The third-order valence-corrected chi connectivity index (χ3v) is 2.55. The Morgan fingerprint density at radius 2 is 2.00 bits per heavy atom.